The third-order valence-electron chi connectivity index (χ3n) is 6.43. The minimum Gasteiger partial charge on any atom is -0.493 e. The normalized spacial score (nSPS) is 25.5. The molecule has 0 aliphatic carbocycles. The minimum atomic E-state index is -3.25. The molecule has 3 aliphatic rings. The average Bonchev–Trinajstić information content (AvgIpc) is 3.27. The van der Waals surface area contributed by atoms with Gasteiger partial charge in [-0.3, -0.25) is 14.5 Å². The van der Waals surface area contributed by atoms with E-state index >= 15 is 0 Å². The maximum atomic E-state index is 13.5. The van der Waals surface area contributed by atoms with Crippen LogP contribution in [0.15, 0.2) is 54.6 Å². The van der Waals surface area contributed by atoms with E-state index < -0.39 is 45.8 Å². The molecule has 0 unspecified atom stereocenters. The highest BCUT2D eigenvalue weighted by Crippen LogP contribution is 2.41. The second-order valence-corrected chi connectivity index (χ2v) is 10.7. The Balaban J connectivity index is 1.44. The van der Waals surface area contributed by atoms with Gasteiger partial charge in [0, 0.05) is 17.7 Å². The number of hydrogen-bond donors (Lipinski definition) is 1. The van der Waals surface area contributed by atoms with Crippen LogP contribution in [0, 0.1) is 0 Å². The molecule has 4 amide bonds. The molecule has 5 rings (SSSR count). The lowest BCUT2D eigenvalue weighted by Crippen LogP contribution is -2.50. The molecule has 10 heteroatoms. The summed E-state index contributed by atoms with van der Waals surface area (Å²) in [7, 11) is -3.25. The first kappa shape index (κ1) is 21.4. The van der Waals surface area contributed by atoms with Crippen LogP contribution in [0.1, 0.15) is 18.4 Å². The van der Waals surface area contributed by atoms with E-state index in [1.165, 1.54) is 4.90 Å². The molecular weight excluding hydrogens is 446 g/mol. The molecule has 2 atom stereocenters. The number of benzene rings is 2. The van der Waals surface area contributed by atoms with Crippen LogP contribution in [0.5, 0.6) is 5.75 Å². The lowest BCUT2D eigenvalue weighted by atomic mass is 9.84. The molecule has 0 saturated carbocycles. The van der Waals surface area contributed by atoms with Crippen molar-refractivity contribution in [1.82, 2.24) is 10.2 Å². The van der Waals surface area contributed by atoms with E-state index in [0.29, 0.717) is 23.4 Å². The van der Waals surface area contributed by atoms with Crippen molar-refractivity contribution in [2.75, 3.05) is 29.6 Å². The van der Waals surface area contributed by atoms with Crippen LogP contribution in [-0.4, -0.2) is 61.9 Å². The molecule has 0 aromatic heterocycles. The number of nitrogens with zero attached hydrogens (tertiary/aromatic N) is 2. The quantitative estimate of drug-likeness (QED) is 0.678. The zero-order valence-electron chi connectivity index (χ0n) is 17.8. The highest BCUT2D eigenvalue weighted by molar-refractivity contribution is 7.91. The lowest BCUT2D eigenvalue weighted by molar-refractivity contribution is -0.135. The molecule has 3 heterocycles. The van der Waals surface area contributed by atoms with Crippen LogP contribution in [0.2, 0.25) is 0 Å². The molecule has 2 aromatic carbocycles. The third kappa shape index (κ3) is 3.64. The fourth-order valence-electron chi connectivity index (χ4n) is 4.85. The van der Waals surface area contributed by atoms with Gasteiger partial charge in [0.15, 0.2) is 15.4 Å². The summed E-state index contributed by atoms with van der Waals surface area (Å²) in [5.41, 5.74) is -0.186. The Bertz CT molecular complexity index is 1230. The van der Waals surface area contributed by atoms with Crippen molar-refractivity contribution in [3.63, 3.8) is 0 Å². The number of imide groups is 1. The van der Waals surface area contributed by atoms with Gasteiger partial charge in [-0.1, -0.05) is 36.4 Å². The van der Waals surface area contributed by atoms with E-state index in [2.05, 4.69) is 5.32 Å². The summed E-state index contributed by atoms with van der Waals surface area (Å²) in [4.78, 5) is 42.1. The lowest BCUT2D eigenvalue weighted by Gasteiger charge is -2.33. The molecule has 33 heavy (non-hydrogen) atoms. The van der Waals surface area contributed by atoms with E-state index in [9.17, 15) is 22.8 Å². The Kier molecular flexibility index (Phi) is 5.12. The molecule has 2 fully saturated rings. The van der Waals surface area contributed by atoms with Crippen molar-refractivity contribution >= 4 is 33.4 Å². The summed E-state index contributed by atoms with van der Waals surface area (Å²) < 4.78 is 29.8. The van der Waals surface area contributed by atoms with Crippen molar-refractivity contribution in [3.05, 3.63) is 60.2 Å². The number of urea groups is 1. The van der Waals surface area contributed by atoms with E-state index in [1.54, 1.807) is 54.6 Å². The van der Waals surface area contributed by atoms with Gasteiger partial charge < -0.3 is 15.0 Å². The molecule has 3 aliphatic heterocycles. The molecule has 2 saturated heterocycles. The predicted octanol–water partition coefficient (Wildman–Crippen LogP) is 1.44. The zero-order valence-corrected chi connectivity index (χ0v) is 18.6. The summed E-state index contributed by atoms with van der Waals surface area (Å²) in [5.74, 6) is -0.653. The van der Waals surface area contributed by atoms with Crippen molar-refractivity contribution in [1.29, 1.82) is 0 Å². The number of anilines is 1. The van der Waals surface area contributed by atoms with Gasteiger partial charge in [-0.2, -0.15) is 0 Å². The Morgan fingerprint density at radius 3 is 2.58 bits per heavy atom. The van der Waals surface area contributed by atoms with Gasteiger partial charge in [-0.25, -0.2) is 13.2 Å². The first-order valence-corrected chi connectivity index (χ1v) is 12.6. The van der Waals surface area contributed by atoms with Crippen LogP contribution >= 0.6 is 0 Å². The zero-order chi connectivity index (χ0) is 23.2. The molecule has 0 bridgehead atoms. The molecule has 9 nitrogen and oxygen atoms in total. The Hall–Kier alpha value is -3.40. The summed E-state index contributed by atoms with van der Waals surface area (Å²) in [6, 6.07) is 14.5. The fourth-order valence-corrected chi connectivity index (χ4v) is 6.55. The van der Waals surface area contributed by atoms with Crippen LogP contribution < -0.4 is 15.0 Å². The topological polar surface area (TPSA) is 113 Å². The standard InChI is InChI=1S/C23H23N3O6S/c27-20(26(16-6-2-1-3-7-16)17-10-13-33(30,31)15-17)14-25-21(28)23(24-22(25)29)11-12-32-19-9-5-4-8-18(19)23/h1-9,17H,10-15H2,(H,24,29)/t17-,23-/m0/s1. The highest BCUT2D eigenvalue weighted by atomic mass is 32.2. The molecule has 0 radical (unpaired) electrons. The second-order valence-electron chi connectivity index (χ2n) is 8.48. The SMILES string of the molecule is O=C1N[C@]2(CCOc3ccccc32)C(=O)N1CC(=O)N(c1ccccc1)[C@H]1CCS(=O)(=O)C1. The number of carbonyl (C=O) groups is 3. The van der Waals surface area contributed by atoms with E-state index in [1.807, 2.05) is 0 Å². The molecule has 172 valence electrons. The number of fused-ring (bicyclic) bond motifs is 2. The first-order valence-electron chi connectivity index (χ1n) is 10.7. The van der Waals surface area contributed by atoms with Gasteiger partial charge in [0.1, 0.15) is 12.3 Å². The minimum absolute atomic E-state index is 0.00267. The number of hydrogen-bond acceptors (Lipinski definition) is 6. The largest absolute Gasteiger partial charge is 0.493 e. The number of amides is 4. The Morgan fingerprint density at radius 2 is 1.85 bits per heavy atom. The smallest absolute Gasteiger partial charge is 0.325 e. The van der Waals surface area contributed by atoms with E-state index in [0.717, 1.165) is 4.90 Å². The van der Waals surface area contributed by atoms with Crippen LogP contribution in [0.25, 0.3) is 0 Å². The third-order valence-corrected chi connectivity index (χ3v) is 8.18. The molecule has 1 N–H and O–H groups in total. The van der Waals surface area contributed by atoms with Gasteiger partial charge in [-0.05, 0) is 24.6 Å². The Morgan fingerprint density at radius 1 is 1.12 bits per heavy atom. The van der Waals surface area contributed by atoms with Gasteiger partial charge in [0.2, 0.25) is 5.91 Å². The molecule has 2 aromatic rings. The van der Waals surface area contributed by atoms with Crippen molar-refractivity contribution in [2.24, 2.45) is 0 Å². The van der Waals surface area contributed by atoms with Crippen molar-refractivity contribution in [2.45, 2.75) is 24.4 Å². The number of sulfone groups is 1. The number of ether oxygens (including phenoxy) is 1. The van der Waals surface area contributed by atoms with E-state index in [4.69, 9.17) is 4.74 Å². The van der Waals surface area contributed by atoms with Gasteiger partial charge in [-0.15, -0.1) is 0 Å². The predicted molar refractivity (Wildman–Crippen MR) is 119 cm³/mol. The molecule has 1 spiro atoms. The number of para-hydroxylation sites is 2. The number of nitrogens with one attached hydrogen (secondary N) is 1. The van der Waals surface area contributed by atoms with Gasteiger partial charge in [0.05, 0.1) is 24.2 Å². The van der Waals surface area contributed by atoms with Gasteiger partial charge >= 0.3 is 6.03 Å². The fraction of sp³-hybridized carbons (Fsp3) is 0.348. The van der Waals surface area contributed by atoms with Crippen molar-refractivity contribution < 1.29 is 27.5 Å². The highest BCUT2D eigenvalue weighted by Gasteiger charge is 2.55. The van der Waals surface area contributed by atoms with Gasteiger partial charge in [0.25, 0.3) is 5.91 Å². The maximum Gasteiger partial charge on any atom is 0.325 e. The number of rotatable bonds is 4. The van der Waals surface area contributed by atoms with Crippen LogP contribution in [0.4, 0.5) is 10.5 Å². The summed E-state index contributed by atoms with van der Waals surface area (Å²) in [6.07, 6.45) is 0.556. The summed E-state index contributed by atoms with van der Waals surface area (Å²) in [6.45, 7) is -0.234. The average molecular weight is 470 g/mol. The maximum absolute atomic E-state index is 13.5. The van der Waals surface area contributed by atoms with Crippen LogP contribution in [0.3, 0.4) is 0 Å². The summed E-state index contributed by atoms with van der Waals surface area (Å²) in [5, 5.41) is 2.78. The monoisotopic (exact) mass is 469 g/mol. The first-order chi connectivity index (χ1) is 15.8. The van der Waals surface area contributed by atoms with Crippen molar-refractivity contribution in [3.8, 4) is 5.75 Å². The second kappa shape index (κ2) is 7.87. The summed E-state index contributed by atoms with van der Waals surface area (Å²) >= 11 is 0. The van der Waals surface area contributed by atoms with Crippen LogP contribution in [-0.2, 0) is 25.0 Å². The van der Waals surface area contributed by atoms with E-state index in [-0.39, 0.29) is 24.5 Å². The molecular formula is C23H23N3O6S. The Labute approximate surface area is 191 Å². The number of carbonyl (C=O) groups excluding carboxylic acids is 3.